The van der Waals surface area contributed by atoms with Gasteiger partial charge in [-0.25, -0.2) is 13.1 Å². The van der Waals surface area contributed by atoms with E-state index in [-0.39, 0.29) is 0 Å². The van der Waals surface area contributed by atoms with Crippen LogP contribution >= 0.6 is 22.9 Å². The lowest BCUT2D eigenvalue weighted by Gasteiger charge is -1.99. The van der Waals surface area contributed by atoms with Crippen LogP contribution in [0.2, 0.25) is 0 Å². The van der Waals surface area contributed by atoms with Crippen LogP contribution in [0.3, 0.4) is 0 Å². The Bertz CT molecular complexity index is 372. The Morgan fingerprint density at radius 1 is 1.54 bits per heavy atom. The zero-order valence-electron chi connectivity index (χ0n) is 7.08. The highest BCUT2D eigenvalue weighted by Gasteiger charge is 2.14. The molecule has 6 heteroatoms. The van der Waals surface area contributed by atoms with Gasteiger partial charge in [0.25, 0.3) is 0 Å². The van der Waals surface area contributed by atoms with Gasteiger partial charge in [-0.1, -0.05) is 6.92 Å². The van der Waals surface area contributed by atoms with Crippen LogP contribution in [0.4, 0.5) is 0 Å². The highest BCUT2D eigenvalue weighted by Crippen LogP contribution is 2.22. The van der Waals surface area contributed by atoms with E-state index in [4.69, 9.17) is 11.6 Å². The molecule has 0 unspecified atom stereocenters. The van der Waals surface area contributed by atoms with E-state index in [9.17, 15) is 8.42 Å². The number of hydrogen-bond acceptors (Lipinski definition) is 3. The first-order valence-corrected chi connectivity index (χ1v) is 6.58. The first-order valence-electron chi connectivity index (χ1n) is 3.74. The molecule has 0 atom stereocenters. The van der Waals surface area contributed by atoms with Crippen LogP contribution in [0, 0.1) is 0 Å². The normalized spacial score (nSPS) is 11.8. The van der Waals surface area contributed by atoms with Crippen LogP contribution in [0.5, 0.6) is 0 Å². The summed E-state index contributed by atoms with van der Waals surface area (Å²) in [6.07, 6.45) is 0. The summed E-state index contributed by atoms with van der Waals surface area (Å²) in [6.45, 7) is 2.14. The average molecular weight is 240 g/mol. The van der Waals surface area contributed by atoms with Crippen LogP contribution in [0.1, 0.15) is 11.8 Å². The number of hydrogen-bond donors (Lipinski definition) is 1. The lowest BCUT2D eigenvalue weighted by atomic mass is 10.5. The number of rotatable bonds is 4. The topological polar surface area (TPSA) is 46.2 Å². The Morgan fingerprint density at radius 3 is 2.69 bits per heavy atom. The third-order valence-corrected chi connectivity index (χ3v) is 4.94. The first-order chi connectivity index (χ1) is 6.10. The summed E-state index contributed by atoms with van der Waals surface area (Å²) in [5.74, 6) is 0.353. The molecule has 0 saturated carbocycles. The Morgan fingerprint density at radius 2 is 2.23 bits per heavy atom. The molecule has 0 fully saturated rings. The van der Waals surface area contributed by atoms with Gasteiger partial charge in [0.15, 0.2) is 0 Å². The quantitative estimate of drug-likeness (QED) is 0.815. The monoisotopic (exact) mass is 239 g/mol. The van der Waals surface area contributed by atoms with Gasteiger partial charge in [-0.05, 0) is 12.1 Å². The molecule has 1 aromatic rings. The highest BCUT2D eigenvalue weighted by atomic mass is 35.5. The van der Waals surface area contributed by atoms with Gasteiger partial charge in [0.05, 0.1) is 5.88 Å². The molecule has 0 saturated heterocycles. The fourth-order valence-corrected chi connectivity index (χ4v) is 3.38. The lowest BCUT2D eigenvalue weighted by molar-refractivity contribution is 0.586. The van der Waals surface area contributed by atoms with Crippen molar-refractivity contribution in [2.75, 3.05) is 6.54 Å². The molecule has 1 aromatic heterocycles. The molecule has 13 heavy (non-hydrogen) atoms. The fourth-order valence-electron chi connectivity index (χ4n) is 0.836. The highest BCUT2D eigenvalue weighted by molar-refractivity contribution is 7.91. The number of alkyl halides is 1. The van der Waals surface area contributed by atoms with Crippen molar-refractivity contribution >= 4 is 33.0 Å². The smallest absolute Gasteiger partial charge is 0.211 e. The van der Waals surface area contributed by atoms with E-state index in [1.165, 1.54) is 11.3 Å². The predicted octanol–water partition coefficient (Wildman–Crippen LogP) is 1.79. The summed E-state index contributed by atoms with van der Waals surface area (Å²) in [5, 5.41) is 0. The molecule has 0 aliphatic heterocycles. The molecule has 74 valence electrons. The largest absolute Gasteiger partial charge is 0.250 e. The molecular weight excluding hydrogens is 230 g/mol. The van der Waals surface area contributed by atoms with Crippen LogP contribution < -0.4 is 4.72 Å². The number of sulfonamides is 1. The summed E-state index contributed by atoms with van der Waals surface area (Å²) in [4.78, 5) is 0.859. The third kappa shape index (κ3) is 2.67. The van der Waals surface area contributed by atoms with Crippen molar-refractivity contribution in [2.45, 2.75) is 17.0 Å². The lowest BCUT2D eigenvalue weighted by Crippen LogP contribution is -2.22. The second-order valence-electron chi connectivity index (χ2n) is 2.36. The van der Waals surface area contributed by atoms with Crippen LogP contribution in [0.15, 0.2) is 16.3 Å². The molecule has 0 spiro atoms. The molecule has 0 bridgehead atoms. The van der Waals surface area contributed by atoms with E-state index < -0.39 is 10.0 Å². The van der Waals surface area contributed by atoms with Crippen LogP contribution in [-0.4, -0.2) is 15.0 Å². The Labute approximate surface area is 86.8 Å². The van der Waals surface area contributed by atoms with Crippen molar-refractivity contribution in [1.82, 2.24) is 4.72 Å². The van der Waals surface area contributed by atoms with Crippen molar-refractivity contribution in [3.8, 4) is 0 Å². The maximum atomic E-state index is 11.4. The zero-order chi connectivity index (χ0) is 9.90. The Hall–Kier alpha value is -0.100. The van der Waals surface area contributed by atoms with Crippen LogP contribution in [0.25, 0.3) is 0 Å². The van der Waals surface area contributed by atoms with Gasteiger partial charge in [-0.15, -0.1) is 22.9 Å². The van der Waals surface area contributed by atoms with Gasteiger partial charge < -0.3 is 0 Å². The summed E-state index contributed by atoms with van der Waals surface area (Å²) >= 11 is 6.76. The molecule has 1 rings (SSSR count). The number of thiophene rings is 1. The molecule has 0 aromatic carbocycles. The molecular formula is C7H10ClNO2S2. The average Bonchev–Trinajstić information content (AvgIpc) is 2.52. The van der Waals surface area contributed by atoms with E-state index in [1.54, 1.807) is 19.1 Å². The van der Waals surface area contributed by atoms with E-state index in [0.717, 1.165) is 4.88 Å². The minimum atomic E-state index is -3.29. The molecule has 0 aliphatic carbocycles. The third-order valence-electron chi connectivity index (χ3n) is 1.37. The molecule has 1 N–H and O–H groups in total. The minimum absolute atomic E-state index is 0.324. The van der Waals surface area contributed by atoms with Gasteiger partial charge in [0.1, 0.15) is 4.21 Å². The zero-order valence-corrected chi connectivity index (χ0v) is 9.47. The van der Waals surface area contributed by atoms with Gasteiger partial charge >= 0.3 is 0 Å². The Balaban J connectivity index is 2.94. The summed E-state index contributed by atoms with van der Waals surface area (Å²) in [5.41, 5.74) is 0. The van der Waals surface area contributed by atoms with E-state index in [0.29, 0.717) is 16.6 Å². The fraction of sp³-hybridized carbons (Fsp3) is 0.429. The van der Waals surface area contributed by atoms with E-state index >= 15 is 0 Å². The maximum absolute atomic E-state index is 11.4. The second-order valence-corrected chi connectivity index (χ2v) is 5.79. The van der Waals surface area contributed by atoms with Gasteiger partial charge in [0.2, 0.25) is 10.0 Å². The second kappa shape index (κ2) is 4.41. The SMILES string of the molecule is CCNS(=O)(=O)c1ccc(CCl)s1. The van der Waals surface area contributed by atoms with Gasteiger partial charge in [0, 0.05) is 11.4 Å². The minimum Gasteiger partial charge on any atom is -0.211 e. The molecule has 0 aliphatic rings. The first kappa shape index (κ1) is 11.0. The van der Waals surface area contributed by atoms with Crippen molar-refractivity contribution < 1.29 is 8.42 Å². The predicted molar refractivity (Wildman–Crippen MR) is 54.7 cm³/mol. The van der Waals surface area contributed by atoms with Crippen molar-refractivity contribution in [2.24, 2.45) is 0 Å². The molecule has 1 heterocycles. The van der Waals surface area contributed by atoms with Gasteiger partial charge in [-0.3, -0.25) is 0 Å². The maximum Gasteiger partial charge on any atom is 0.250 e. The van der Waals surface area contributed by atoms with Crippen molar-refractivity contribution in [3.63, 3.8) is 0 Å². The summed E-state index contributed by atoms with van der Waals surface area (Å²) in [7, 11) is -3.29. The summed E-state index contributed by atoms with van der Waals surface area (Å²) < 4.78 is 25.6. The van der Waals surface area contributed by atoms with Crippen molar-refractivity contribution in [3.05, 3.63) is 17.0 Å². The molecule has 0 amide bonds. The van der Waals surface area contributed by atoms with Crippen LogP contribution in [-0.2, 0) is 15.9 Å². The Kier molecular flexibility index (Phi) is 3.73. The summed E-state index contributed by atoms with van der Waals surface area (Å²) in [6, 6.07) is 3.29. The van der Waals surface area contributed by atoms with E-state index in [1.807, 2.05) is 0 Å². The molecule has 0 radical (unpaired) electrons. The number of nitrogens with one attached hydrogen (secondary N) is 1. The van der Waals surface area contributed by atoms with Gasteiger partial charge in [-0.2, -0.15) is 0 Å². The van der Waals surface area contributed by atoms with E-state index in [2.05, 4.69) is 4.72 Å². The molecule has 3 nitrogen and oxygen atoms in total. The standard InChI is InChI=1S/C7H10ClNO2S2/c1-2-9-13(10,11)7-4-3-6(5-8)12-7/h3-4,9H,2,5H2,1H3. The number of halogens is 1. The van der Waals surface area contributed by atoms with Crippen molar-refractivity contribution in [1.29, 1.82) is 0 Å².